The number of aryl methyl sites for hydroxylation is 1. The zero-order chi connectivity index (χ0) is 58.3. The van der Waals surface area contributed by atoms with Gasteiger partial charge >= 0.3 is 18.1 Å². The van der Waals surface area contributed by atoms with Crippen LogP contribution in [-0.4, -0.2) is 97.7 Å². The molecule has 1 saturated heterocycles. The molecule has 9 rings (SSSR count). The molecule has 2 aliphatic rings. The summed E-state index contributed by atoms with van der Waals surface area (Å²) >= 11 is 5.68. The first-order valence-corrected chi connectivity index (χ1v) is 28.6. The molecule has 0 radical (unpaired) electrons. The molecule has 2 N–H and O–H groups in total. The molecule has 81 heavy (non-hydrogen) atoms. The van der Waals surface area contributed by atoms with Gasteiger partial charge in [-0.25, -0.2) is 19.6 Å². The van der Waals surface area contributed by atoms with E-state index in [-0.39, 0.29) is 23.7 Å². The van der Waals surface area contributed by atoms with E-state index in [1.807, 2.05) is 121 Å². The van der Waals surface area contributed by atoms with Crippen LogP contribution in [0.15, 0.2) is 160 Å². The number of β-lactam (4-membered cyclic amide) rings is 1. The third kappa shape index (κ3) is 13.9. The van der Waals surface area contributed by atoms with Gasteiger partial charge in [-0.1, -0.05) is 120 Å². The summed E-state index contributed by atoms with van der Waals surface area (Å²) in [7, 11) is 3.54. The molecule has 2 aliphatic heterocycles. The van der Waals surface area contributed by atoms with Gasteiger partial charge in [0.25, 0.3) is 16.6 Å². The SMILES string of the molecule is COc1ccc(COC(=O)C2=C(CSc3nc4ccc[n+](C)c4s3)CS[C@H]3C(NC(=O)/C(=N\OC(C)(C)C(=O)OC(C)(C)C)c4csc(NC(c5ccccc5)(c5ccccc5)c5ccccc5)n4)C(=O)N23)cc1.O=C([O-])C(F)(F)F. The number of benzene rings is 4. The number of hydrogen-bond acceptors (Lipinski definition) is 18. The Labute approximate surface area is 480 Å². The Morgan fingerprint density at radius 2 is 1.44 bits per heavy atom. The van der Waals surface area contributed by atoms with E-state index in [1.165, 1.54) is 53.6 Å². The second kappa shape index (κ2) is 24.9. The summed E-state index contributed by atoms with van der Waals surface area (Å²) in [6, 6.07) is 40.0. The number of ether oxygens (including phenoxy) is 3. The quantitative estimate of drug-likeness (QED) is 0.0157. The van der Waals surface area contributed by atoms with Crippen molar-refractivity contribution in [3.63, 3.8) is 0 Å². The second-order valence-corrected chi connectivity index (χ2v) is 23.8. The van der Waals surface area contributed by atoms with Crippen LogP contribution in [0.4, 0.5) is 18.3 Å². The molecule has 0 bridgehead atoms. The number of halogens is 3. The molecule has 5 heterocycles. The summed E-state index contributed by atoms with van der Waals surface area (Å²) in [5.41, 5.74) is 1.61. The molecule has 2 atom stereocenters. The molecule has 17 nitrogen and oxygen atoms in total. The Balaban J connectivity index is 0.00000115. The first-order valence-electron chi connectivity index (χ1n) is 24.8. The summed E-state index contributed by atoms with van der Waals surface area (Å²) in [6.07, 6.45) is -3.23. The fourth-order valence-corrected chi connectivity index (χ4v) is 12.6. The molecule has 7 aromatic rings. The molecule has 0 aliphatic carbocycles. The van der Waals surface area contributed by atoms with Crippen molar-refractivity contribution in [2.45, 2.75) is 79.9 Å². The first kappa shape index (κ1) is 59.3. The van der Waals surface area contributed by atoms with Crippen LogP contribution < -0.4 is 25.0 Å². The lowest BCUT2D eigenvalue weighted by molar-refractivity contribution is -0.642. The number of methoxy groups -OCH3 is 1. The van der Waals surface area contributed by atoms with Gasteiger partial charge in [0, 0.05) is 23.0 Å². The maximum atomic E-state index is 14.8. The van der Waals surface area contributed by atoms with Gasteiger partial charge in [-0.2, -0.15) is 17.7 Å². The van der Waals surface area contributed by atoms with E-state index in [4.69, 9.17) is 38.9 Å². The second-order valence-electron chi connectivity index (χ2n) is 19.7. The van der Waals surface area contributed by atoms with E-state index in [2.05, 4.69) is 15.8 Å². The number of carbonyl (C=O) groups excluding carboxylic acids is 5. The van der Waals surface area contributed by atoms with Crippen LogP contribution in [0, 0.1) is 0 Å². The van der Waals surface area contributed by atoms with Gasteiger partial charge in [-0.05, 0) is 92.0 Å². The van der Waals surface area contributed by atoms with Crippen molar-refractivity contribution >= 4 is 97.1 Å². The van der Waals surface area contributed by atoms with Crippen molar-refractivity contribution in [2.24, 2.45) is 12.2 Å². The van der Waals surface area contributed by atoms with E-state index >= 15 is 0 Å². The average molecular weight is 1180 g/mol. The third-order valence-electron chi connectivity index (χ3n) is 12.3. The number of carboxylic acids is 1. The number of hydrogen-bond donors (Lipinski definition) is 2. The van der Waals surface area contributed by atoms with Gasteiger partial charge in [-0.3, -0.25) is 14.5 Å². The number of thiazole rings is 2. The van der Waals surface area contributed by atoms with Crippen LogP contribution in [-0.2, 0) is 57.5 Å². The molecular weight excluding hydrogens is 1130 g/mol. The number of aromatic nitrogens is 3. The topological polar surface area (TPSA) is 215 Å². The summed E-state index contributed by atoms with van der Waals surface area (Å²) in [4.78, 5) is 83.8. The number of thioether (sulfide) groups is 2. The molecule has 4 aromatic carbocycles. The number of rotatable bonds is 18. The fraction of sp³-hybridized carbons (Fsp3) is 0.281. The summed E-state index contributed by atoms with van der Waals surface area (Å²) in [5, 5.41) is 21.1. The maximum Gasteiger partial charge on any atom is 0.430 e. The number of amides is 2. The van der Waals surface area contributed by atoms with Crippen molar-refractivity contribution in [2.75, 3.05) is 23.9 Å². The van der Waals surface area contributed by atoms with Gasteiger partial charge < -0.3 is 39.6 Å². The number of nitrogens with zero attached hydrogens (tertiary/aromatic N) is 5. The number of aliphatic carboxylic acids is 1. The molecule has 0 saturated carbocycles. The predicted octanol–water partition coefficient (Wildman–Crippen LogP) is 8.32. The Hall–Kier alpha value is -7.80. The monoisotopic (exact) mass is 1180 g/mol. The minimum absolute atomic E-state index is 0.0474. The molecular formula is C57H54F3N7O10S4. The largest absolute Gasteiger partial charge is 0.542 e. The summed E-state index contributed by atoms with van der Waals surface area (Å²) in [6.45, 7) is 8.14. The number of alkyl halides is 3. The van der Waals surface area contributed by atoms with E-state index in [9.17, 15) is 32.3 Å². The number of nitrogens with one attached hydrogen (secondary N) is 2. The van der Waals surface area contributed by atoms with Gasteiger partial charge in [0.1, 0.15) is 64.8 Å². The first-order chi connectivity index (χ1) is 38.5. The molecule has 1 unspecified atom stereocenters. The van der Waals surface area contributed by atoms with Crippen LogP contribution in [0.2, 0.25) is 0 Å². The molecule has 0 spiro atoms. The number of pyridine rings is 1. The summed E-state index contributed by atoms with van der Waals surface area (Å²) < 4.78 is 51.2. The van der Waals surface area contributed by atoms with Gasteiger partial charge in [-0.15, -0.1) is 23.1 Å². The molecule has 422 valence electrons. The highest BCUT2D eigenvalue weighted by Crippen LogP contribution is 2.44. The zero-order valence-electron chi connectivity index (χ0n) is 44.6. The Bertz CT molecular complexity index is 3390. The number of esters is 2. The average Bonchev–Trinajstić information content (AvgIpc) is 3.29. The highest BCUT2D eigenvalue weighted by molar-refractivity contribution is 8.02. The predicted molar refractivity (Wildman–Crippen MR) is 300 cm³/mol. The van der Waals surface area contributed by atoms with Crippen LogP contribution in [0.25, 0.3) is 10.3 Å². The summed E-state index contributed by atoms with van der Waals surface area (Å²) in [5.74, 6) is -4.32. The van der Waals surface area contributed by atoms with E-state index < -0.39 is 64.1 Å². The lowest BCUT2D eigenvalue weighted by atomic mass is 9.77. The van der Waals surface area contributed by atoms with Crippen molar-refractivity contribution in [1.82, 2.24) is 20.2 Å². The van der Waals surface area contributed by atoms with Crippen LogP contribution in [0.5, 0.6) is 5.75 Å². The molecule has 2 amide bonds. The maximum absolute atomic E-state index is 14.8. The third-order valence-corrected chi connectivity index (χ3v) is 16.8. The van der Waals surface area contributed by atoms with Gasteiger partial charge in [0.2, 0.25) is 5.60 Å². The highest BCUT2D eigenvalue weighted by atomic mass is 32.2. The Kier molecular flexibility index (Phi) is 18.2. The number of carboxylic acid groups (broad SMARTS) is 1. The van der Waals surface area contributed by atoms with Crippen LogP contribution >= 0.6 is 46.2 Å². The van der Waals surface area contributed by atoms with Gasteiger partial charge in [0.05, 0.1) is 7.11 Å². The van der Waals surface area contributed by atoms with Crippen molar-refractivity contribution in [3.05, 3.63) is 178 Å². The minimum Gasteiger partial charge on any atom is -0.542 e. The van der Waals surface area contributed by atoms with Crippen molar-refractivity contribution < 1.29 is 65.9 Å². The van der Waals surface area contributed by atoms with E-state index in [0.717, 1.165) is 36.9 Å². The van der Waals surface area contributed by atoms with Crippen LogP contribution in [0.3, 0.4) is 0 Å². The number of anilines is 1. The van der Waals surface area contributed by atoms with Crippen molar-refractivity contribution in [1.29, 1.82) is 0 Å². The highest BCUT2D eigenvalue weighted by Gasteiger charge is 2.55. The Morgan fingerprint density at radius 3 is 1.99 bits per heavy atom. The number of oxime groups is 1. The Morgan fingerprint density at radius 1 is 0.852 bits per heavy atom. The normalized spacial score (nSPS) is 15.6. The lowest BCUT2D eigenvalue weighted by Crippen LogP contribution is -2.71. The smallest absolute Gasteiger partial charge is 0.430 e. The number of carbonyl (C=O) groups is 5. The van der Waals surface area contributed by atoms with Gasteiger partial charge in [0.15, 0.2) is 21.4 Å². The minimum atomic E-state index is -5.19. The van der Waals surface area contributed by atoms with Crippen molar-refractivity contribution in [3.8, 4) is 5.75 Å². The molecule has 1 fully saturated rings. The lowest BCUT2D eigenvalue weighted by Gasteiger charge is -2.49. The number of fused-ring (bicyclic) bond motifs is 2. The molecule has 24 heteroatoms. The van der Waals surface area contributed by atoms with Crippen LogP contribution in [0.1, 0.15) is 62.6 Å². The molecule has 3 aromatic heterocycles. The standard InChI is InChI=1S/C55H53N7O8S4.C2HF3O2/c1-53(2,3)69-50(66)54(4,5)70-60-42(41-33-72-51(56-41)59-55(36-18-11-8-12-19-36,37-20-13-9-14-21-37)38-22-15-10-16-23-38)45(63)58-43-46(64)62-44(49(65)68-30-34-25-27-39(67-7)28-26-34)35(31-71-48(43)62)32-73-52-57-40-24-17-29-61(6)47(40)74-52;3-2(4,5)1(6)7/h8-29,33,43,48H,30-32H2,1-7H3,(H-,56,58,59,63);(H,6,7)/b60-42-;/t43?,48-;/m0./s1. The fourth-order valence-electron chi connectivity index (χ4n) is 8.32. The van der Waals surface area contributed by atoms with E-state index in [1.54, 1.807) is 68.9 Å². The zero-order valence-corrected chi connectivity index (χ0v) is 47.9. The van der Waals surface area contributed by atoms with E-state index in [0.29, 0.717) is 28.0 Å².